The predicted octanol–water partition coefficient (Wildman–Crippen LogP) is 3.05. The topological polar surface area (TPSA) is 32.3 Å². The van der Waals surface area contributed by atoms with Gasteiger partial charge in [0.2, 0.25) is 5.91 Å². The number of nitrogens with one attached hydrogen (secondary N) is 1. The van der Waals surface area contributed by atoms with E-state index in [1.807, 2.05) is 0 Å². The van der Waals surface area contributed by atoms with E-state index >= 15 is 0 Å². The van der Waals surface area contributed by atoms with Gasteiger partial charge in [-0.15, -0.1) is 0 Å². The van der Waals surface area contributed by atoms with Gasteiger partial charge < -0.3 is 4.90 Å². The lowest BCUT2D eigenvalue weighted by Crippen LogP contribution is -2.46. The molecule has 4 rings (SSSR count). The van der Waals surface area contributed by atoms with E-state index in [-0.39, 0.29) is 5.54 Å². The number of carbonyl (C=O) groups excluding carboxylic acids is 1. The highest BCUT2D eigenvalue weighted by atomic mass is 16.2. The Kier molecular flexibility index (Phi) is 3.29. The molecule has 1 saturated heterocycles. The molecule has 1 heterocycles. The second-order valence-electron chi connectivity index (χ2n) is 7.68. The van der Waals surface area contributed by atoms with Crippen LogP contribution in [0.15, 0.2) is 0 Å². The first-order valence-corrected chi connectivity index (χ1v) is 8.87. The maximum atomic E-state index is 13.0. The summed E-state index contributed by atoms with van der Waals surface area (Å²) in [7, 11) is 0. The van der Waals surface area contributed by atoms with Gasteiger partial charge in [-0.2, -0.15) is 0 Å². The van der Waals surface area contributed by atoms with Crippen LogP contribution in [-0.2, 0) is 4.79 Å². The van der Waals surface area contributed by atoms with Crippen molar-refractivity contribution in [3.63, 3.8) is 0 Å². The Hall–Kier alpha value is -0.570. The van der Waals surface area contributed by atoms with Gasteiger partial charge in [-0.1, -0.05) is 32.1 Å². The second kappa shape index (κ2) is 5.01. The second-order valence-corrected chi connectivity index (χ2v) is 7.68. The molecule has 1 amide bonds. The molecular weight excluding hydrogens is 248 g/mol. The van der Waals surface area contributed by atoms with Crippen LogP contribution in [-0.4, -0.2) is 29.1 Å². The molecule has 0 aromatic rings. The van der Waals surface area contributed by atoms with Crippen LogP contribution in [0.1, 0.15) is 70.6 Å². The maximum Gasteiger partial charge on any atom is 0.244 e. The van der Waals surface area contributed by atoms with E-state index in [0.29, 0.717) is 12.1 Å². The number of amides is 1. The smallest absolute Gasteiger partial charge is 0.244 e. The van der Waals surface area contributed by atoms with Crippen LogP contribution < -0.4 is 5.32 Å². The lowest BCUT2D eigenvalue weighted by atomic mass is 9.84. The third kappa shape index (κ3) is 2.01. The summed E-state index contributed by atoms with van der Waals surface area (Å²) in [5.41, 5.74) is -0.156. The van der Waals surface area contributed by atoms with E-state index < -0.39 is 0 Å². The highest BCUT2D eigenvalue weighted by Gasteiger charge is 2.54. The molecule has 20 heavy (non-hydrogen) atoms. The quantitative estimate of drug-likeness (QED) is 0.859. The first kappa shape index (κ1) is 13.1. The SMILES string of the molecule is O=C1N(CC2CCC2)C(C2CCCC2)NC12CCCC2. The van der Waals surface area contributed by atoms with Crippen LogP contribution in [0, 0.1) is 11.8 Å². The van der Waals surface area contributed by atoms with E-state index in [9.17, 15) is 4.79 Å². The van der Waals surface area contributed by atoms with Crippen molar-refractivity contribution in [3.8, 4) is 0 Å². The molecule has 4 fully saturated rings. The Balaban J connectivity index is 1.55. The molecule has 0 radical (unpaired) electrons. The molecule has 0 aromatic carbocycles. The molecule has 1 unspecified atom stereocenters. The standard InChI is InChI=1S/C17H28N2O/c20-16-17(10-3-4-11-17)18-15(14-8-1-2-9-14)19(16)12-13-6-5-7-13/h13-15,18H,1-12H2. The highest BCUT2D eigenvalue weighted by Crippen LogP contribution is 2.42. The zero-order valence-electron chi connectivity index (χ0n) is 12.6. The maximum absolute atomic E-state index is 13.0. The van der Waals surface area contributed by atoms with Gasteiger partial charge in [0.05, 0.1) is 11.7 Å². The molecule has 1 aliphatic heterocycles. The summed E-state index contributed by atoms with van der Waals surface area (Å²) in [4.78, 5) is 15.3. The minimum Gasteiger partial charge on any atom is -0.325 e. The Morgan fingerprint density at radius 3 is 2.30 bits per heavy atom. The third-order valence-corrected chi connectivity index (χ3v) is 6.41. The Morgan fingerprint density at radius 1 is 1.00 bits per heavy atom. The van der Waals surface area contributed by atoms with Crippen molar-refractivity contribution in [3.05, 3.63) is 0 Å². The Morgan fingerprint density at radius 2 is 1.70 bits per heavy atom. The van der Waals surface area contributed by atoms with Gasteiger partial charge in [-0.3, -0.25) is 10.1 Å². The van der Waals surface area contributed by atoms with E-state index in [1.54, 1.807) is 0 Å². The fourth-order valence-electron chi connectivity index (χ4n) is 4.96. The lowest BCUT2D eigenvalue weighted by molar-refractivity contribution is -0.134. The average Bonchev–Trinajstić information content (AvgIpc) is 3.11. The summed E-state index contributed by atoms with van der Waals surface area (Å²) in [6.45, 7) is 1.04. The van der Waals surface area contributed by atoms with Gasteiger partial charge in [0.1, 0.15) is 0 Å². The third-order valence-electron chi connectivity index (χ3n) is 6.41. The van der Waals surface area contributed by atoms with Crippen molar-refractivity contribution in [1.82, 2.24) is 10.2 Å². The molecular formula is C17H28N2O. The highest BCUT2D eigenvalue weighted by molar-refractivity contribution is 5.89. The van der Waals surface area contributed by atoms with Crippen molar-refractivity contribution in [1.29, 1.82) is 0 Å². The van der Waals surface area contributed by atoms with Crippen LogP contribution in [0.5, 0.6) is 0 Å². The molecule has 112 valence electrons. The molecule has 3 saturated carbocycles. The number of hydrogen-bond donors (Lipinski definition) is 1. The monoisotopic (exact) mass is 276 g/mol. The summed E-state index contributed by atoms with van der Waals surface area (Å²) >= 11 is 0. The number of carbonyl (C=O) groups is 1. The predicted molar refractivity (Wildman–Crippen MR) is 79.1 cm³/mol. The largest absolute Gasteiger partial charge is 0.325 e. The van der Waals surface area contributed by atoms with Gasteiger partial charge >= 0.3 is 0 Å². The number of rotatable bonds is 3. The van der Waals surface area contributed by atoms with E-state index in [0.717, 1.165) is 31.2 Å². The molecule has 4 aliphatic rings. The molecule has 3 heteroatoms. The van der Waals surface area contributed by atoms with Crippen molar-refractivity contribution in [2.45, 2.75) is 82.3 Å². The number of hydrogen-bond acceptors (Lipinski definition) is 2. The van der Waals surface area contributed by atoms with Crippen molar-refractivity contribution >= 4 is 5.91 Å². The fourth-order valence-corrected chi connectivity index (χ4v) is 4.96. The van der Waals surface area contributed by atoms with E-state index in [1.165, 1.54) is 57.8 Å². The molecule has 1 spiro atoms. The van der Waals surface area contributed by atoms with Crippen LogP contribution in [0.4, 0.5) is 0 Å². The molecule has 0 bridgehead atoms. The normalized spacial score (nSPS) is 34.3. The minimum atomic E-state index is -0.156. The summed E-state index contributed by atoms with van der Waals surface area (Å²) < 4.78 is 0. The van der Waals surface area contributed by atoms with Crippen LogP contribution >= 0.6 is 0 Å². The van der Waals surface area contributed by atoms with Crippen LogP contribution in [0.2, 0.25) is 0 Å². The van der Waals surface area contributed by atoms with Crippen molar-refractivity contribution in [2.24, 2.45) is 11.8 Å². The summed E-state index contributed by atoms with van der Waals surface area (Å²) in [6, 6.07) is 0. The van der Waals surface area contributed by atoms with Gasteiger partial charge in [-0.25, -0.2) is 0 Å². The first-order chi connectivity index (χ1) is 9.78. The zero-order valence-corrected chi connectivity index (χ0v) is 12.6. The Bertz CT molecular complexity index is 378. The summed E-state index contributed by atoms with van der Waals surface area (Å²) in [5, 5.41) is 3.84. The molecule has 3 aliphatic carbocycles. The fraction of sp³-hybridized carbons (Fsp3) is 0.941. The lowest BCUT2D eigenvalue weighted by Gasteiger charge is -2.35. The van der Waals surface area contributed by atoms with Crippen LogP contribution in [0.3, 0.4) is 0 Å². The van der Waals surface area contributed by atoms with E-state index in [4.69, 9.17) is 0 Å². The Labute approximate surface area is 122 Å². The number of nitrogens with zero attached hydrogens (tertiary/aromatic N) is 1. The first-order valence-electron chi connectivity index (χ1n) is 8.87. The van der Waals surface area contributed by atoms with Gasteiger partial charge in [0.15, 0.2) is 0 Å². The molecule has 1 atom stereocenters. The van der Waals surface area contributed by atoms with Gasteiger partial charge in [-0.05, 0) is 50.4 Å². The minimum absolute atomic E-state index is 0.156. The summed E-state index contributed by atoms with van der Waals surface area (Å²) in [6.07, 6.45) is 14.4. The molecule has 0 aromatic heterocycles. The van der Waals surface area contributed by atoms with Crippen molar-refractivity contribution < 1.29 is 4.79 Å². The van der Waals surface area contributed by atoms with Crippen molar-refractivity contribution in [2.75, 3.05) is 6.54 Å². The molecule has 1 N–H and O–H groups in total. The molecule has 3 nitrogen and oxygen atoms in total. The average molecular weight is 276 g/mol. The summed E-state index contributed by atoms with van der Waals surface area (Å²) in [5.74, 6) is 1.97. The van der Waals surface area contributed by atoms with Crippen LogP contribution in [0.25, 0.3) is 0 Å². The van der Waals surface area contributed by atoms with Gasteiger partial charge in [0, 0.05) is 6.54 Å². The van der Waals surface area contributed by atoms with E-state index in [2.05, 4.69) is 10.2 Å². The van der Waals surface area contributed by atoms with Gasteiger partial charge in [0.25, 0.3) is 0 Å². The zero-order chi connectivity index (χ0) is 13.6.